The molecule has 89 heavy (non-hydrogen) atoms. The van der Waals surface area contributed by atoms with Gasteiger partial charge in [-0.1, -0.05) is 0 Å². The highest BCUT2D eigenvalue weighted by Crippen LogP contribution is 2.44. The van der Waals surface area contributed by atoms with Gasteiger partial charge in [-0.05, 0) is 198 Å². The van der Waals surface area contributed by atoms with E-state index in [1.54, 1.807) is 24.9 Å². The van der Waals surface area contributed by atoms with Gasteiger partial charge in [-0.3, -0.25) is 54.4 Å². The predicted molar refractivity (Wildman–Crippen MR) is 329 cm³/mol. The topological polar surface area (TPSA) is 184 Å². The maximum absolute atomic E-state index is 13.5. The van der Waals surface area contributed by atoms with Crippen LogP contribution in [-0.2, 0) is 12.4 Å². The molecule has 10 aromatic rings. The summed E-state index contributed by atoms with van der Waals surface area (Å²) in [6.07, 6.45) is 23.3. The summed E-state index contributed by atoms with van der Waals surface area (Å²) in [7, 11) is 10.2. The molecule has 0 aliphatic carbocycles. The van der Waals surface area contributed by atoms with Crippen LogP contribution in [-0.4, -0.2) is 158 Å². The number of aryl methyl sites for hydroxylation is 1. The van der Waals surface area contributed by atoms with E-state index in [-0.39, 0.29) is 45.1 Å². The number of halogens is 6. The molecule has 18 nitrogen and oxygen atoms in total. The van der Waals surface area contributed by atoms with Crippen molar-refractivity contribution in [3.05, 3.63) is 162 Å². The molecular weight excluding hydrogens is 1150 g/mol. The average Bonchev–Trinajstić information content (AvgIpc) is 2.19. The quantitative estimate of drug-likeness (QED) is 0.148. The van der Waals surface area contributed by atoms with Gasteiger partial charge in [0.05, 0.1) is 58.0 Å². The Morgan fingerprint density at radius 3 is 1.47 bits per heavy atom. The molecular formula is C65H72F6N18. The molecule has 5 aliphatic heterocycles. The van der Waals surface area contributed by atoms with E-state index in [4.69, 9.17) is 0 Å². The van der Waals surface area contributed by atoms with E-state index in [9.17, 15) is 26.3 Å². The summed E-state index contributed by atoms with van der Waals surface area (Å²) in [5, 5.41) is 16.5. The molecule has 0 bridgehead atoms. The molecule has 464 valence electrons. The molecule has 5 saturated heterocycles. The predicted octanol–water partition coefficient (Wildman–Crippen LogP) is 12.5. The van der Waals surface area contributed by atoms with Crippen molar-refractivity contribution in [3.63, 3.8) is 0 Å². The van der Waals surface area contributed by atoms with Gasteiger partial charge in [0.15, 0.2) is 5.65 Å². The van der Waals surface area contributed by atoms with Gasteiger partial charge in [0.25, 0.3) is 0 Å². The van der Waals surface area contributed by atoms with Crippen molar-refractivity contribution in [1.82, 2.24) is 89.8 Å². The van der Waals surface area contributed by atoms with Crippen LogP contribution >= 0.6 is 0 Å². The first-order chi connectivity index (χ1) is 42.9. The van der Waals surface area contributed by atoms with Crippen LogP contribution in [0.4, 0.5) is 26.3 Å². The minimum Gasteiger partial charge on any atom is -0.299 e. The first kappa shape index (κ1) is 62.6. The van der Waals surface area contributed by atoms with Gasteiger partial charge in [-0.2, -0.15) is 36.5 Å². The third-order valence-corrected chi connectivity index (χ3v) is 18.0. The summed E-state index contributed by atoms with van der Waals surface area (Å²) in [6, 6.07) is 12.0. The Morgan fingerprint density at radius 2 is 0.865 bits per heavy atom. The molecule has 15 heterocycles. The Kier molecular flexibility index (Phi) is 19.2. The monoisotopic (exact) mass is 1220 g/mol. The van der Waals surface area contributed by atoms with Gasteiger partial charge in [0.2, 0.25) is 0 Å². The van der Waals surface area contributed by atoms with Crippen molar-refractivity contribution in [2.45, 2.75) is 114 Å². The maximum Gasteiger partial charge on any atom is 0.417 e. The summed E-state index contributed by atoms with van der Waals surface area (Å²) in [6.45, 7) is 7.29. The Balaban J connectivity index is 0.000000115. The molecule has 0 radical (unpaired) electrons. The minimum absolute atomic E-state index is 0.0188. The van der Waals surface area contributed by atoms with E-state index in [1.807, 2.05) is 60.8 Å². The number of aromatic nitrogens is 13. The van der Waals surface area contributed by atoms with Crippen LogP contribution in [0.2, 0.25) is 0 Å². The van der Waals surface area contributed by atoms with Crippen molar-refractivity contribution in [2.75, 3.05) is 68.0 Å². The number of alkyl halides is 6. The van der Waals surface area contributed by atoms with Crippen molar-refractivity contribution in [2.24, 2.45) is 0 Å². The normalized spacial score (nSPS) is 21.1. The molecule has 0 aromatic carbocycles. The number of hydrogen-bond acceptors (Lipinski definition) is 18. The van der Waals surface area contributed by atoms with E-state index in [0.29, 0.717) is 24.5 Å². The maximum atomic E-state index is 13.5. The van der Waals surface area contributed by atoms with Gasteiger partial charge in [0, 0.05) is 107 Å². The Labute approximate surface area is 512 Å². The lowest BCUT2D eigenvalue weighted by Crippen LogP contribution is -2.22. The lowest BCUT2D eigenvalue weighted by molar-refractivity contribution is -0.138. The van der Waals surface area contributed by atoms with E-state index in [0.717, 1.165) is 65.3 Å². The summed E-state index contributed by atoms with van der Waals surface area (Å²) < 4.78 is 80.9. The third kappa shape index (κ3) is 14.1. The summed E-state index contributed by atoms with van der Waals surface area (Å²) in [5.41, 5.74) is 9.47. The lowest BCUT2D eigenvalue weighted by atomic mass is 9.97. The summed E-state index contributed by atoms with van der Waals surface area (Å²) in [4.78, 5) is 49.0. The molecule has 0 amide bonds. The molecule has 5 atom stereocenters. The Morgan fingerprint density at radius 1 is 0.404 bits per heavy atom. The SMILES string of the molecule is CN1CCC[C@H]1c1cnc2ccncc2c1.CN1CCC[C@H]1c1cnc2ccnnc2c1.CN1CCC[C@H]1c1cnc2cnccc2c1C(F)(F)F.CN1CCC[C@H]1c1cnc2nnccc2c1C(F)(F)F.Cc1c([C@@H]2CCCN2C)cnc2cncnc12. The fourth-order valence-electron chi connectivity index (χ4n) is 13.4. The molecule has 24 heteroatoms. The number of nitrogens with zero attached hydrogens (tertiary/aromatic N) is 18. The highest BCUT2D eigenvalue weighted by molar-refractivity contribution is 5.83. The van der Waals surface area contributed by atoms with E-state index < -0.39 is 23.5 Å². The Hall–Kier alpha value is -8.03. The summed E-state index contributed by atoms with van der Waals surface area (Å²) >= 11 is 0. The number of fused-ring (bicyclic) bond motifs is 5. The second-order valence-corrected chi connectivity index (χ2v) is 23.7. The first-order valence-corrected chi connectivity index (χ1v) is 30.2. The van der Waals surface area contributed by atoms with Crippen LogP contribution in [0.25, 0.3) is 54.9 Å². The fourth-order valence-corrected chi connectivity index (χ4v) is 13.4. The van der Waals surface area contributed by atoms with Crippen molar-refractivity contribution in [3.8, 4) is 0 Å². The molecule has 10 aromatic heterocycles. The zero-order chi connectivity index (χ0) is 62.4. The van der Waals surface area contributed by atoms with Gasteiger partial charge >= 0.3 is 12.4 Å². The van der Waals surface area contributed by atoms with Gasteiger partial charge in [0.1, 0.15) is 17.4 Å². The fraction of sp³-hybridized carbons (Fsp3) is 0.431. The van der Waals surface area contributed by atoms with Crippen molar-refractivity contribution < 1.29 is 26.3 Å². The van der Waals surface area contributed by atoms with Gasteiger partial charge < -0.3 is 0 Å². The van der Waals surface area contributed by atoms with Crippen molar-refractivity contribution >= 4 is 54.9 Å². The van der Waals surface area contributed by atoms with Crippen LogP contribution in [0.3, 0.4) is 0 Å². The van der Waals surface area contributed by atoms with Gasteiger partial charge in [-0.25, -0.2) is 15.0 Å². The van der Waals surface area contributed by atoms with Crippen LogP contribution in [0.15, 0.2) is 117 Å². The van der Waals surface area contributed by atoms with Crippen LogP contribution in [0.5, 0.6) is 0 Å². The first-order valence-electron chi connectivity index (χ1n) is 30.2. The summed E-state index contributed by atoms with van der Waals surface area (Å²) in [5.74, 6) is 0. The standard InChI is InChI=1S/C14H14F3N3.C13H13F3N4.C13H16N4.C13H15N3.C12H14N4/c1-20-6-2-3-12(20)10-7-19-11-8-18-5-4-9(11)13(10)14(15,16)17;1-20-6-2-3-10(20)9-7-17-12-8(4-5-18-19-12)11(9)13(14,15)16;1-9-10(12-4-3-5-17(12)2)6-15-11-7-14-8-16-13(9)11;1-16-6-2-3-13(16)11-7-10-8-14-5-4-12(10)15-9-11;1-16-6-2-3-12(16)9-7-11-10(13-8-9)4-5-14-15-11/h4-5,7-8,12H,2-3,6H2,1H3;4-5,7,10H,2-3,6H2,1H3;6-8,12H,3-5H2,1-2H3;4-5,7-9,13H,2-3,6H2,1H3;4-5,7-8,12H,2-3,6H2,1H3/t12-;10-;12-;13-;12-/m00000/s1. The van der Waals surface area contributed by atoms with E-state index in [2.05, 4.69) is 120 Å². The Bertz CT molecular complexity index is 3850. The lowest BCUT2D eigenvalue weighted by Gasteiger charge is -2.24. The zero-order valence-corrected chi connectivity index (χ0v) is 50.8. The molecule has 0 N–H and O–H groups in total. The van der Waals surface area contributed by atoms with Crippen LogP contribution in [0.1, 0.15) is 139 Å². The van der Waals surface area contributed by atoms with Crippen molar-refractivity contribution in [1.29, 1.82) is 0 Å². The average molecular weight is 1220 g/mol. The van der Waals surface area contributed by atoms with Crippen LogP contribution in [0, 0.1) is 6.92 Å². The molecule has 0 saturated carbocycles. The second kappa shape index (κ2) is 27.4. The smallest absolute Gasteiger partial charge is 0.299 e. The van der Waals surface area contributed by atoms with Gasteiger partial charge in [-0.15, -0.1) is 10.2 Å². The second-order valence-electron chi connectivity index (χ2n) is 23.7. The van der Waals surface area contributed by atoms with E-state index >= 15 is 0 Å². The molecule has 0 spiro atoms. The number of pyridine rings is 7. The number of likely N-dealkylation sites (tertiary alicyclic amines) is 5. The number of hydrogen-bond donors (Lipinski definition) is 0. The van der Waals surface area contributed by atoms with E-state index in [1.165, 1.54) is 124 Å². The highest BCUT2D eigenvalue weighted by Gasteiger charge is 2.41. The highest BCUT2D eigenvalue weighted by atomic mass is 19.4. The third-order valence-electron chi connectivity index (χ3n) is 18.0. The number of rotatable bonds is 5. The molecule has 5 fully saturated rings. The minimum atomic E-state index is -4.43. The molecule has 5 aliphatic rings. The van der Waals surface area contributed by atoms with Crippen LogP contribution < -0.4 is 0 Å². The molecule has 0 unspecified atom stereocenters. The largest absolute Gasteiger partial charge is 0.417 e. The zero-order valence-electron chi connectivity index (χ0n) is 50.8. The molecule has 15 rings (SSSR count).